The minimum atomic E-state index is 0.844. The molecule has 1 fully saturated rings. The monoisotopic (exact) mass is 304 g/mol. The number of hydrogen-bond donors (Lipinski definition) is 0. The van der Waals surface area contributed by atoms with Gasteiger partial charge in [-0.25, -0.2) is 0 Å². The highest BCUT2D eigenvalue weighted by Crippen LogP contribution is 2.20. The van der Waals surface area contributed by atoms with Crippen LogP contribution in [0.3, 0.4) is 0 Å². The van der Waals surface area contributed by atoms with Gasteiger partial charge in [-0.2, -0.15) is 0 Å². The number of rotatable bonds is 4. The Kier molecular flexibility index (Phi) is 5.34. The number of nitrogens with zero attached hydrogens (tertiary/aromatic N) is 2. The first kappa shape index (κ1) is 15.1. The van der Waals surface area contributed by atoms with Gasteiger partial charge in [0.05, 0.1) is 0 Å². The fourth-order valence-electron chi connectivity index (χ4n) is 3.41. The van der Waals surface area contributed by atoms with Gasteiger partial charge in [-0.15, -0.1) is 0 Å². The molecule has 0 amide bonds. The molecule has 1 aliphatic heterocycles. The lowest BCUT2D eigenvalue weighted by Crippen LogP contribution is -2.47. The Hall–Kier alpha value is -0.830. The molecule has 114 valence electrons. The first-order valence-electron chi connectivity index (χ1n) is 8.14. The average Bonchev–Trinajstić information content (AvgIpc) is 2.50. The zero-order valence-electron chi connectivity index (χ0n) is 12.7. The van der Waals surface area contributed by atoms with Gasteiger partial charge < -0.3 is 4.90 Å². The quantitative estimate of drug-likeness (QED) is 0.780. The molecule has 2 aliphatic rings. The Morgan fingerprint density at radius 3 is 2.57 bits per heavy atom. The van der Waals surface area contributed by atoms with Crippen LogP contribution in [0.2, 0.25) is 5.02 Å². The predicted molar refractivity (Wildman–Crippen MR) is 89.7 cm³/mol. The van der Waals surface area contributed by atoms with Crippen LogP contribution in [0.4, 0.5) is 0 Å². The fraction of sp³-hybridized carbons (Fsp3) is 0.556. The van der Waals surface area contributed by atoms with Gasteiger partial charge in [-0.3, -0.25) is 4.90 Å². The van der Waals surface area contributed by atoms with Gasteiger partial charge in [-0.05, 0) is 42.9 Å². The van der Waals surface area contributed by atoms with E-state index in [2.05, 4.69) is 34.1 Å². The van der Waals surface area contributed by atoms with Crippen LogP contribution < -0.4 is 0 Å². The molecule has 0 radical (unpaired) electrons. The van der Waals surface area contributed by atoms with E-state index in [0.717, 1.165) is 17.5 Å². The number of allylic oxidation sites excluding steroid dienone is 2. The summed E-state index contributed by atoms with van der Waals surface area (Å²) in [6.45, 7) is 7.08. The van der Waals surface area contributed by atoms with Crippen molar-refractivity contribution in [3.05, 3.63) is 47.0 Å². The van der Waals surface area contributed by atoms with E-state index in [0.29, 0.717) is 0 Å². The topological polar surface area (TPSA) is 6.48 Å². The summed E-state index contributed by atoms with van der Waals surface area (Å²) in [5.74, 6) is 0.884. The highest BCUT2D eigenvalue weighted by atomic mass is 35.5. The lowest BCUT2D eigenvalue weighted by molar-refractivity contribution is 0.111. The number of hydrogen-bond acceptors (Lipinski definition) is 2. The fourth-order valence-corrected chi connectivity index (χ4v) is 3.62. The maximum Gasteiger partial charge on any atom is 0.0409 e. The molecule has 0 N–H and O–H groups in total. The Morgan fingerprint density at radius 2 is 1.86 bits per heavy atom. The van der Waals surface area contributed by atoms with Crippen molar-refractivity contribution in [2.24, 2.45) is 5.92 Å². The van der Waals surface area contributed by atoms with E-state index >= 15 is 0 Å². The minimum absolute atomic E-state index is 0.844. The van der Waals surface area contributed by atoms with Gasteiger partial charge in [0.25, 0.3) is 0 Å². The first-order valence-corrected chi connectivity index (χ1v) is 8.51. The van der Waals surface area contributed by atoms with Crippen LogP contribution in [0, 0.1) is 5.92 Å². The van der Waals surface area contributed by atoms with E-state index in [4.69, 9.17) is 11.6 Å². The second-order valence-corrected chi connectivity index (χ2v) is 6.79. The second-order valence-electron chi connectivity index (χ2n) is 6.36. The normalized spacial score (nSPS) is 24.3. The van der Waals surface area contributed by atoms with Crippen molar-refractivity contribution in [1.82, 2.24) is 9.80 Å². The molecule has 1 atom stereocenters. The zero-order valence-corrected chi connectivity index (χ0v) is 13.4. The van der Waals surface area contributed by atoms with Gasteiger partial charge in [-0.1, -0.05) is 35.9 Å². The summed E-state index contributed by atoms with van der Waals surface area (Å²) in [5, 5.41) is 0.844. The van der Waals surface area contributed by atoms with Crippen LogP contribution in [0.1, 0.15) is 24.8 Å². The molecule has 2 nitrogen and oxygen atoms in total. The van der Waals surface area contributed by atoms with Gasteiger partial charge >= 0.3 is 0 Å². The highest BCUT2D eigenvalue weighted by Gasteiger charge is 2.20. The van der Waals surface area contributed by atoms with Crippen LogP contribution in [0.15, 0.2) is 36.4 Å². The summed E-state index contributed by atoms with van der Waals surface area (Å²) >= 11 is 6.06. The summed E-state index contributed by atoms with van der Waals surface area (Å²) in [7, 11) is 0. The lowest BCUT2D eigenvalue weighted by Gasteiger charge is -2.36. The largest absolute Gasteiger partial charge is 0.301 e. The molecular formula is C18H25ClN2. The Labute approximate surface area is 133 Å². The van der Waals surface area contributed by atoms with E-state index < -0.39 is 0 Å². The minimum Gasteiger partial charge on any atom is -0.301 e. The number of piperazine rings is 1. The van der Waals surface area contributed by atoms with Crippen LogP contribution in [-0.2, 0) is 6.54 Å². The summed E-state index contributed by atoms with van der Waals surface area (Å²) in [6, 6.07) is 8.25. The van der Waals surface area contributed by atoms with Crippen LogP contribution in [0.5, 0.6) is 0 Å². The Balaban J connectivity index is 1.43. The van der Waals surface area contributed by atoms with Crippen molar-refractivity contribution in [3.63, 3.8) is 0 Å². The molecule has 21 heavy (non-hydrogen) atoms. The lowest BCUT2D eigenvalue weighted by atomic mass is 9.94. The average molecular weight is 305 g/mol. The van der Waals surface area contributed by atoms with Crippen molar-refractivity contribution in [3.8, 4) is 0 Å². The molecule has 0 unspecified atom stereocenters. The number of benzene rings is 1. The molecule has 1 saturated heterocycles. The van der Waals surface area contributed by atoms with Gasteiger partial charge in [0.2, 0.25) is 0 Å². The van der Waals surface area contributed by atoms with Crippen LogP contribution in [0.25, 0.3) is 0 Å². The van der Waals surface area contributed by atoms with Crippen LogP contribution >= 0.6 is 11.6 Å². The molecule has 1 aromatic carbocycles. The van der Waals surface area contributed by atoms with Gasteiger partial charge in [0.15, 0.2) is 0 Å². The van der Waals surface area contributed by atoms with E-state index in [9.17, 15) is 0 Å². The number of halogens is 1. The maximum atomic E-state index is 6.06. The molecule has 1 aliphatic carbocycles. The summed E-state index contributed by atoms with van der Waals surface area (Å²) in [5.41, 5.74) is 1.33. The standard InChI is InChI=1S/C18H25ClN2/c19-18-8-4-7-17(13-18)15-21-11-9-20(10-12-21)14-16-5-2-1-3-6-16/h1-2,4,7-8,13,16H,3,5-6,9-12,14-15H2/t16-/m1/s1. The molecule has 0 saturated carbocycles. The van der Waals surface area contributed by atoms with Crippen molar-refractivity contribution < 1.29 is 0 Å². The first-order chi connectivity index (χ1) is 10.3. The predicted octanol–water partition coefficient (Wildman–Crippen LogP) is 3.81. The Morgan fingerprint density at radius 1 is 1.05 bits per heavy atom. The molecular weight excluding hydrogens is 280 g/mol. The van der Waals surface area contributed by atoms with Crippen molar-refractivity contribution in [2.45, 2.75) is 25.8 Å². The third kappa shape index (κ3) is 4.57. The summed E-state index contributed by atoms with van der Waals surface area (Å²) in [4.78, 5) is 5.20. The summed E-state index contributed by atoms with van der Waals surface area (Å²) in [6.07, 6.45) is 8.63. The van der Waals surface area contributed by atoms with E-state index in [-0.39, 0.29) is 0 Å². The second kappa shape index (κ2) is 7.44. The zero-order chi connectivity index (χ0) is 14.5. The molecule has 3 rings (SSSR count). The van der Waals surface area contributed by atoms with E-state index in [1.54, 1.807) is 0 Å². The third-order valence-corrected chi connectivity index (χ3v) is 4.89. The third-order valence-electron chi connectivity index (χ3n) is 4.65. The smallest absolute Gasteiger partial charge is 0.0409 e. The molecule has 3 heteroatoms. The van der Waals surface area contributed by atoms with Gasteiger partial charge in [0, 0.05) is 44.3 Å². The molecule has 1 aromatic rings. The molecule has 1 heterocycles. The van der Waals surface area contributed by atoms with Crippen molar-refractivity contribution in [1.29, 1.82) is 0 Å². The van der Waals surface area contributed by atoms with Crippen molar-refractivity contribution in [2.75, 3.05) is 32.7 Å². The Bertz CT molecular complexity index is 478. The van der Waals surface area contributed by atoms with E-state index in [1.165, 1.54) is 57.5 Å². The SMILES string of the molecule is Clc1cccc(CN2CCN(C[C@@H]3CC=CCC3)CC2)c1. The highest BCUT2D eigenvalue weighted by molar-refractivity contribution is 6.30. The molecule has 0 spiro atoms. The van der Waals surface area contributed by atoms with Gasteiger partial charge in [0.1, 0.15) is 0 Å². The summed E-state index contributed by atoms with van der Waals surface area (Å²) < 4.78 is 0. The molecule has 0 bridgehead atoms. The maximum absolute atomic E-state index is 6.06. The van der Waals surface area contributed by atoms with E-state index in [1.807, 2.05) is 12.1 Å². The van der Waals surface area contributed by atoms with Crippen LogP contribution in [-0.4, -0.2) is 42.5 Å². The molecule has 0 aromatic heterocycles. The van der Waals surface area contributed by atoms with Crippen molar-refractivity contribution >= 4 is 11.6 Å².